The number of benzene rings is 2. The molecule has 0 bridgehead atoms. The van der Waals surface area contributed by atoms with Gasteiger partial charge in [0.25, 0.3) is 0 Å². The molecule has 7 nitrogen and oxygen atoms in total. The second-order valence-electron chi connectivity index (χ2n) is 7.50. The summed E-state index contributed by atoms with van der Waals surface area (Å²) in [5, 5.41) is 20.8. The summed E-state index contributed by atoms with van der Waals surface area (Å²) in [6, 6.07) is 16.7. The molecule has 2 aromatic carbocycles. The molecule has 0 radical (unpaired) electrons. The fourth-order valence-corrected chi connectivity index (χ4v) is 4.04. The SMILES string of the molecule is c1cc(-c2ccc3[nH]nc(-c4cn(-c5ccc6c(c5)CNCC6)nn4)c3c2)ccn1. The Balaban J connectivity index is 1.39. The molecule has 3 aromatic heterocycles. The first-order valence-corrected chi connectivity index (χ1v) is 9.99. The fourth-order valence-electron chi connectivity index (χ4n) is 4.04. The van der Waals surface area contributed by atoms with Crippen molar-refractivity contribution in [3.63, 3.8) is 0 Å². The quantitative estimate of drug-likeness (QED) is 0.490. The van der Waals surface area contributed by atoms with Crippen LogP contribution in [-0.2, 0) is 13.0 Å². The normalized spacial score (nSPS) is 13.5. The second-order valence-corrected chi connectivity index (χ2v) is 7.50. The number of hydrogen-bond acceptors (Lipinski definition) is 5. The summed E-state index contributed by atoms with van der Waals surface area (Å²) < 4.78 is 1.82. The van der Waals surface area contributed by atoms with Crippen LogP contribution in [0.25, 0.3) is 39.1 Å². The molecule has 0 spiro atoms. The third-order valence-corrected chi connectivity index (χ3v) is 5.65. The molecule has 0 fully saturated rings. The lowest BCUT2D eigenvalue weighted by Crippen LogP contribution is -2.23. The predicted octanol–water partition coefficient (Wildman–Crippen LogP) is 3.52. The van der Waals surface area contributed by atoms with Crippen molar-refractivity contribution in [3.05, 3.63) is 78.2 Å². The maximum atomic E-state index is 4.51. The van der Waals surface area contributed by atoms with Gasteiger partial charge in [0, 0.05) is 24.3 Å². The van der Waals surface area contributed by atoms with Crippen molar-refractivity contribution < 1.29 is 0 Å². The molecular weight excluding hydrogens is 374 g/mol. The number of nitrogens with one attached hydrogen (secondary N) is 2. The molecule has 30 heavy (non-hydrogen) atoms. The van der Waals surface area contributed by atoms with Gasteiger partial charge in [-0.15, -0.1) is 5.10 Å². The van der Waals surface area contributed by atoms with Gasteiger partial charge in [0.15, 0.2) is 0 Å². The molecule has 2 N–H and O–H groups in total. The van der Waals surface area contributed by atoms with Crippen molar-refractivity contribution in [1.82, 2.24) is 35.5 Å². The number of H-pyrrole nitrogens is 1. The van der Waals surface area contributed by atoms with E-state index >= 15 is 0 Å². The van der Waals surface area contributed by atoms with Gasteiger partial charge in [0.2, 0.25) is 0 Å². The molecular formula is C23H19N7. The molecule has 0 atom stereocenters. The molecule has 0 saturated carbocycles. The van der Waals surface area contributed by atoms with E-state index in [-0.39, 0.29) is 0 Å². The number of aromatic amines is 1. The molecule has 0 unspecified atom stereocenters. The van der Waals surface area contributed by atoms with Crippen LogP contribution in [0.1, 0.15) is 11.1 Å². The van der Waals surface area contributed by atoms with Gasteiger partial charge >= 0.3 is 0 Å². The Morgan fingerprint density at radius 1 is 0.900 bits per heavy atom. The van der Waals surface area contributed by atoms with Crippen LogP contribution < -0.4 is 5.32 Å². The molecule has 0 saturated heterocycles. The van der Waals surface area contributed by atoms with Crippen LogP contribution in [0.3, 0.4) is 0 Å². The number of hydrogen-bond donors (Lipinski definition) is 2. The minimum atomic E-state index is 0.740. The first-order valence-electron chi connectivity index (χ1n) is 9.99. The minimum absolute atomic E-state index is 0.740. The van der Waals surface area contributed by atoms with Crippen LogP contribution in [0, 0.1) is 0 Å². The molecule has 5 aromatic rings. The summed E-state index contributed by atoms with van der Waals surface area (Å²) in [5.41, 5.74) is 8.47. The zero-order chi connectivity index (χ0) is 19.9. The van der Waals surface area contributed by atoms with Gasteiger partial charge in [-0.2, -0.15) is 5.10 Å². The molecule has 7 heteroatoms. The zero-order valence-corrected chi connectivity index (χ0v) is 16.2. The van der Waals surface area contributed by atoms with Crippen LogP contribution >= 0.6 is 0 Å². The topological polar surface area (TPSA) is 84.3 Å². The van der Waals surface area contributed by atoms with Gasteiger partial charge in [0.1, 0.15) is 11.4 Å². The lowest BCUT2D eigenvalue weighted by Gasteiger charge is -2.17. The van der Waals surface area contributed by atoms with E-state index in [1.54, 1.807) is 12.4 Å². The zero-order valence-electron chi connectivity index (χ0n) is 16.2. The van der Waals surface area contributed by atoms with Crippen molar-refractivity contribution in [3.8, 4) is 28.2 Å². The Kier molecular flexibility index (Phi) is 3.92. The predicted molar refractivity (Wildman–Crippen MR) is 115 cm³/mol. The molecule has 0 aliphatic carbocycles. The summed E-state index contributed by atoms with van der Waals surface area (Å²) in [7, 11) is 0. The minimum Gasteiger partial charge on any atom is -0.312 e. The highest BCUT2D eigenvalue weighted by atomic mass is 15.4. The standard InChI is InChI=1S/C23H19N7/c1-3-19(11-18-13-25-10-7-15(1)18)30-14-22(27-29-30)23-20-12-17(2-4-21(20)26-28-23)16-5-8-24-9-6-16/h1-6,8-9,11-12,14,25H,7,10,13H2,(H,26,28). The van der Waals surface area contributed by atoms with Crippen molar-refractivity contribution in [2.75, 3.05) is 6.54 Å². The van der Waals surface area contributed by atoms with Gasteiger partial charge < -0.3 is 5.32 Å². The van der Waals surface area contributed by atoms with Crippen LogP contribution in [0.2, 0.25) is 0 Å². The maximum Gasteiger partial charge on any atom is 0.134 e. The van der Waals surface area contributed by atoms with E-state index in [2.05, 4.69) is 61.1 Å². The third-order valence-electron chi connectivity index (χ3n) is 5.65. The van der Waals surface area contributed by atoms with Crippen LogP contribution in [0.4, 0.5) is 0 Å². The van der Waals surface area contributed by atoms with Crippen molar-refractivity contribution >= 4 is 10.9 Å². The van der Waals surface area contributed by atoms with Crippen molar-refractivity contribution in [1.29, 1.82) is 0 Å². The van der Waals surface area contributed by atoms with Crippen molar-refractivity contribution in [2.45, 2.75) is 13.0 Å². The molecule has 146 valence electrons. The highest BCUT2D eigenvalue weighted by molar-refractivity contribution is 5.94. The lowest BCUT2D eigenvalue weighted by molar-refractivity contribution is 0.642. The van der Waals surface area contributed by atoms with E-state index in [1.165, 1.54) is 11.1 Å². The highest BCUT2D eigenvalue weighted by Crippen LogP contribution is 2.29. The van der Waals surface area contributed by atoms with E-state index in [4.69, 9.17) is 0 Å². The Labute approximate surface area is 172 Å². The third kappa shape index (κ3) is 2.87. The summed E-state index contributed by atoms with van der Waals surface area (Å²) >= 11 is 0. The van der Waals surface area contributed by atoms with Crippen LogP contribution in [0.15, 0.2) is 67.1 Å². The first-order chi connectivity index (χ1) is 14.8. The van der Waals surface area contributed by atoms with E-state index < -0.39 is 0 Å². The van der Waals surface area contributed by atoms with E-state index in [0.717, 1.165) is 58.6 Å². The molecule has 6 rings (SSSR count). The summed E-state index contributed by atoms with van der Waals surface area (Å²) in [6.07, 6.45) is 6.61. The number of fused-ring (bicyclic) bond motifs is 2. The average Bonchev–Trinajstić information content (AvgIpc) is 3.46. The fraction of sp³-hybridized carbons (Fsp3) is 0.130. The second kappa shape index (κ2) is 6.89. The Hall–Kier alpha value is -3.84. The average molecular weight is 393 g/mol. The molecule has 4 heterocycles. The Morgan fingerprint density at radius 2 is 1.83 bits per heavy atom. The summed E-state index contributed by atoms with van der Waals surface area (Å²) in [4.78, 5) is 4.10. The smallest absolute Gasteiger partial charge is 0.134 e. The van der Waals surface area contributed by atoms with Crippen LogP contribution in [-0.4, -0.2) is 36.7 Å². The number of aromatic nitrogens is 6. The Bertz CT molecular complexity index is 1350. The van der Waals surface area contributed by atoms with Crippen LogP contribution in [0.5, 0.6) is 0 Å². The highest BCUT2D eigenvalue weighted by Gasteiger charge is 2.15. The maximum absolute atomic E-state index is 4.51. The summed E-state index contributed by atoms with van der Waals surface area (Å²) in [6.45, 7) is 1.93. The number of nitrogens with zero attached hydrogens (tertiary/aromatic N) is 5. The van der Waals surface area contributed by atoms with Gasteiger partial charge in [-0.1, -0.05) is 17.3 Å². The van der Waals surface area contributed by atoms with Gasteiger partial charge in [-0.25, -0.2) is 4.68 Å². The molecule has 1 aliphatic heterocycles. The largest absolute Gasteiger partial charge is 0.312 e. The van der Waals surface area contributed by atoms with E-state index in [1.807, 2.05) is 29.1 Å². The van der Waals surface area contributed by atoms with Gasteiger partial charge in [-0.05, 0) is 71.6 Å². The summed E-state index contributed by atoms with van der Waals surface area (Å²) in [5.74, 6) is 0. The van der Waals surface area contributed by atoms with Gasteiger partial charge in [0.05, 0.1) is 17.4 Å². The van der Waals surface area contributed by atoms with E-state index in [9.17, 15) is 0 Å². The number of pyridine rings is 1. The lowest BCUT2D eigenvalue weighted by atomic mass is 10.0. The Morgan fingerprint density at radius 3 is 2.77 bits per heavy atom. The van der Waals surface area contributed by atoms with Crippen molar-refractivity contribution in [2.24, 2.45) is 0 Å². The molecule has 1 aliphatic rings. The van der Waals surface area contributed by atoms with E-state index in [0.29, 0.717) is 0 Å². The first kappa shape index (κ1) is 17.1. The number of rotatable bonds is 3. The van der Waals surface area contributed by atoms with Gasteiger partial charge in [-0.3, -0.25) is 10.1 Å². The molecule has 0 amide bonds. The monoisotopic (exact) mass is 393 g/mol.